The highest BCUT2D eigenvalue weighted by atomic mass is 16.5. The molecule has 1 amide bonds. The minimum Gasteiger partial charge on any atom is -0.492 e. The first-order valence-corrected chi connectivity index (χ1v) is 6.45. The molecule has 0 bridgehead atoms. The van der Waals surface area contributed by atoms with Crippen molar-refractivity contribution in [3.8, 4) is 5.75 Å². The number of nitrogens with two attached hydrogens (primary N) is 1. The van der Waals surface area contributed by atoms with Crippen LogP contribution < -0.4 is 10.5 Å². The molecule has 0 aliphatic carbocycles. The van der Waals surface area contributed by atoms with Gasteiger partial charge in [-0.1, -0.05) is 6.92 Å². The maximum Gasteiger partial charge on any atom is 0.253 e. The van der Waals surface area contributed by atoms with Crippen LogP contribution in [0.5, 0.6) is 5.75 Å². The summed E-state index contributed by atoms with van der Waals surface area (Å²) in [5.41, 5.74) is 6.99. The first-order valence-electron chi connectivity index (χ1n) is 6.45. The average molecular weight is 250 g/mol. The maximum absolute atomic E-state index is 12.2. The molecule has 0 unspecified atom stereocenters. The molecule has 1 aromatic rings. The standard InChI is InChI=1S/C14H22N2O2/c1-4-9-16(5-2)14(17)11-7-8-13(18-6-3)12(15)10-11/h7-8,10H,4-6,9,15H2,1-3H3. The molecule has 18 heavy (non-hydrogen) atoms. The lowest BCUT2D eigenvalue weighted by molar-refractivity contribution is 0.0764. The molecule has 0 atom stereocenters. The average Bonchev–Trinajstić information content (AvgIpc) is 2.37. The zero-order chi connectivity index (χ0) is 13.5. The second kappa shape index (κ2) is 6.89. The summed E-state index contributed by atoms with van der Waals surface area (Å²) >= 11 is 0. The number of ether oxygens (including phenoxy) is 1. The molecule has 0 saturated carbocycles. The number of hydrogen-bond donors (Lipinski definition) is 1. The Kier molecular flexibility index (Phi) is 5.49. The van der Waals surface area contributed by atoms with Gasteiger partial charge in [0.15, 0.2) is 0 Å². The lowest BCUT2D eigenvalue weighted by atomic mass is 10.1. The Morgan fingerprint density at radius 1 is 1.33 bits per heavy atom. The summed E-state index contributed by atoms with van der Waals surface area (Å²) in [6, 6.07) is 5.21. The summed E-state index contributed by atoms with van der Waals surface area (Å²) < 4.78 is 5.36. The van der Waals surface area contributed by atoms with Gasteiger partial charge in [-0.2, -0.15) is 0 Å². The number of amides is 1. The number of hydrogen-bond acceptors (Lipinski definition) is 3. The van der Waals surface area contributed by atoms with E-state index in [1.54, 1.807) is 18.2 Å². The van der Waals surface area contributed by atoms with E-state index in [0.717, 1.165) is 13.0 Å². The summed E-state index contributed by atoms with van der Waals surface area (Å²) in [5, 5.41) is 0. The molecule has 2 N–H and O–H groups in total. The van der Waals surface area contributed by atoms with Crippen LogP contribution in [-0.2, 0) is 0 Å². The molecule has 0 aliphatic rings. The maximum atomic E-state index is 12.2. The van der Waals surface area contributed by atoms with E-state index in [1.807, 2.05) is 18.7 Å². The zero-order valence-corrected chi connectivity index (χ0v) is 11.4. The van der Waals surface area contributed by atoms with E-state index in [1.165, 1.54) is 0 Å². The van der Waals surface area contributed by atoms with Crippen molar-refractivity contribution >= 4 is 11.6 Å². The van der Waals surface area contributed by atoms with Gasteiger partial charge in [0.05, 0.1) is 12.3 Å². The topological polar surface area (TPSA) is 55.6 Å². The van der Waals surface area contributed by atoms with E-state index in [0.29, 0.717) is 30.2 Å². The van der Waals surface area contributed by atoms with Gasteiger partial charge in [0.1, 0.15) is 5.75 Å². The van der Waals surface area contributed by atoms with Gasteiger partial charge in [-0.25, -0.2) is 0 Å². The fraction of sp³-hybridized carbons (Fsp3) is 0.500. The SMILES string of the molecule is CCCN(CC)C(=O)c1ccc(OCC)c(N)c1. The van der Waals surface area contributed by atoms with Gasteiger partial charge in [0.2, 0.25) is 0 Å². The molecule has 0 saturated heterocycles. The Morgan fingerprint density at radius 3 is 2.56 bits per heavy atom. The fourth-order valence-electron chi connectivity index (χ4n) is 1.82. The van der Waals surface area contributed by atoms with Gasteiger partial charge >= 0.3 is 0 Å². The van der Waals surface area contributed by atoms with Gasteiger partial charge in [-0.05, 0) is 38.5 Å². The van der Waals surface area contributed by atoms with Crippen LogP contribution in [0.2, 0.25) is 0 Å². The highest BCUT2D eigenvalue weighted by molar-refractivity contribution is 5.95. The molecule has 0 fully saturated rings. The Bertz CT molecular complexity index is 405. The van der Waals surface area contributed by atoms with E-state index < -0.39 is 0 Å². The highest BCUT2D eigenvalue weighted by Gasteiger charge is 2.14. The quantitative estimate of drug-likeness (QED) is 0.789. The van der Waals surface area contributed by atoms with Crippen LogP contribution in [0, 0.1) is 0 Å². The van der Waals surface area contributed by atoms with Crippen molar-refractivity contribution in [1.82, 2.24) is 4.90 Å². The molecule has 0 spiro atoms. The van der Waals surface area contributed by atoms with E-state index in [-0.39, 0.29) is 5.91 Å². The summed E-state index contributed by atoms with van der Waals surface area (Å²) in [6.45, 7) is 7.98. The minimum atomic E-state index is 0.0223. The molecular weight excluding hydrogens is 228 g/mol. The van der Waals surface area contributed by atoms with Crippen molar-refractivity contribution in [3.63, 3.8) is 0 Å². The molecule has 0 aromatic heterocycles. The summed E-state index contributed by atoms with van der Waals surface area (Å²) in [4.78, 5) is 14.0. The minimum absolute atomic E-state index is 0.0223. The third-order valence-electron chi connectivity index (χ3n) is 2.72. The van der Waals surface area contributed by atoms with Crippen LogP contribution in [0.3, 0.4) is 0 Å². The highest BCUT2D eigenvalue weighted by Crippen LogP contribution is 2.23. The van der Waals surface area contributed by atoms with Gasteiger partial charge < -0.3 is 15.4 Å². The Labute approximate surface area is 109 Å². The van der Waals surface area contributed by atoms with Crippen LogP contribution in [0.15, 0.2) is 18.2 Å². The molecule has 1 rings (SSSR count). The van der Waals surface area contributed by atoms with Crippen molar-refractivity contribution in [1.29, 1.82) is 0 Å². The third-order valence-corrected chi connectivity index (χ3v) is 2.72. The predicted octanol–water partition coefficient (Wildman–Crippen LogP) is 2.54. The molecular formula is C14H22N2O2. The smallest absolute Gasteiger partial charge is 0.253 e. The van der Waals surface area contributed by atoms with Crippen LogP contribution in [0.25, 0.3) is 0 Å². The Balaban J connectivity index is 2.89. The molecule has 0 heterocycles. The van der Waals surface area contributed by atoms with Crippen molar-refractivity contribution in [2.24, 2.45) is 0 Å². The van der Waals surface area contributed by atoms with Gasteiger partial charge in [0.25, 0.3) is 5.91 Å². The molecule has 0 aliphatic heterocycles. The summed E-state index contributed by atoms with van der Waals surface area (Å²) in [7, 11) is 0. The monoisotopic (exact) mass is 250 g/mol. The molecule has 4 heteroatoms. The van der Waals surface area contributed by atoms with Crippen LogP contribution >= 0.6 is 0 Å². The number of nitrogen functional groups attached to an aromatic ring is 1. The van der Waals surface area contributed by atoms with E-state index >= 15 is 0 Å². The predicted molar refractivity (Wildman–Crippen MR) is 73.9 cm³/mol. The summed E-state index contributed by atoms with van der Waals surface area (Å²) in [5.74, 6) is 0.654. The lowest BCUT2D eigenvalue weighted by Gasteiger charge is -2.20. The van der Waals surface area contributed by atoms with Gasteiger partial charge in [-0.15, -0.1) is 0 Å². The summed E-state index contributed by atoms with van der Waals surface area (Å²) in [6.07, 6.45) is 0.950. The van der Waals surface area contributed by atoms with Crippen molar-refractivity contribution in [3.05, 3.63) is 23.8 Å². The van der Waals surface area contributed by atoms with Crippen molar-refractivity contribution < 1.29 is 9.53 Å². The normalized spacial score (nSPS) is 10.2. The Hall–Kier alpha value is -1.71. The largest absolute Gasteiger partial charge is 0.492 e. The number of carbonyl (C=O) groups excluding carboxylic acids is 1. The van der Waals surface area contributed by atoms with Crippen molar-refractivity contribution in [2.75, 3.05) is 25.4 Å². The third kappa shape index (κ3) is 3.39. The van der Waals surface area contributed by atoms with Crippen LogP contribution in [-0.4, -0.2) is 30.5 Å². The zero-order valence-electron chi connectivity index (χ0n) is 11.4. The molecule has 0 radical (unpaired) electrons. The molecule has 4 nitrogen and oxygen atoms in total. The Morgan fingerprint density at radius 2 is 2.06 bits per heavy atom. The number of rotatable bonds is 6. The second-order valence-corrected chi connectivity index (χ2v) is 4.07. The van der Waals surface area contributed by atoms with Gasteiger partial charge in [0, 0.05) is 18.7 Å². The van der Waals surface area contributed by atoms with E-state index in [9.17, 15) is 4.79 Å². The number of anilines is 1. The first kappa shape index (κ1) is 14.4. The van der Waals surface area contributed by atoms with Crippen LogP contribution in [0.4, 0.5) is 5.69 Å². The number of nitrogens with zero attached hydrogens (tertiary/aromatic N) is 1. The fourth-order valence-corrected chi connectivity index (χ4v) is 1.82. The molecule has 1 aromatic carbocycles. The molecule has 100 valence electrons. The van der Waals surface area contributed by atoms with E-state index in [2.05, 4.69) is 6.92 Å². The van der Waals surface area contributed by atoms with Crippen LogP contribution in [0.1, 0.15) is 37.6 Å². The number of benzene rings is 1. The van der Waals surface area contributed by atoms with E-state index in [4.69, 9.17) is 10.5 Å². The first-order chi connectivity index (χ1) is 8.63. The number of carbonyl (C=O) groups is 1. The lowest BCUT2D eigenvalue weighted by Crippen LogP contribution is -2.31. The van der Waals surface area contributed by atoms with Crippen molar-refractivity contribution in [2.45, 2.75) is 27.2 Å². The van der Waals surface area contributed by atoms with Gasteiger partial charge in [-0.3, -0.25) is 4.79 Å². The second-order valence-electron chi connectivity index (χ2n) is 4.07.